The van der Waals surface area contributed by atoms with Crippen molar-refractivity contribution < 1.29 is 14.0 Å². The molecular weight excluding hydrogens is 307 g/mol. The third kappa shape index (κ3) is 4.44. The van der Waals surface area contributed by atoms with Gasteiger partial charge in [0.1, 0.15) is 5.82 Å². The van der Waals surface area contributed by atoms with Crippen LogP contribution in [0.2, 0.25) is 5.02 Å². The van der Waals surface area contributed by atoms with Gasteiger partial charge in [-0.3, -0.25) is 9.59 Å². The molecule has 0 unspecified atom stereocenters. The van der Waals surface area contributed by atoms with E-state index in [-0.39, 0.29) is 11.1 Å². The first-order valence-electron chi connectivity index (χ1n) is 7.56. The number of amides is 2. The lowest BCUT2D eigenvalue weighted by atomic mass is 9.84. The molecule has 0 heterocycles. The summed E-state index contributed by atoms with van der Waals surface area (Å²) in [5.41, 5.74) is 0.293. The zero-order chi connectivity index (χ0) is 16.1. The van der Waals surface area contributed by atoms with Crippen molar-refractivity contribution in [2.24, 2.45) is 5.92 Å². The lowest BCUT2D eigenvalue weighted by molar-refractivity contribution is -0.136. The van der Waals surface area contributed by atoms with Crippen LogP contribution in [0.15, 0.2) is 18.2 Å². The fraction of sp³-hybridized carbons (Fsp3) is 0.500. The maximum atomic E-state index is 13.0. The van der Waals surface area contributed by atoms with E-state index < -0.39 is 17.6 Å². The molecule has 0 bridgehead atoms. The van der Waals surface area contributed by atoms with Gasteiger partial charge in [-0.15, -0.1) is 0 Å². The van der Waals surface area contributed by atoms with Crippen LogP contribution in [0.25, 0.3) is 0 Å². The number of carbonyl (C=O) groups is 2. The second-order valence-electron chi connectivity index (χ2n) is 5.68. The molecule has 0 aliphatic heterocycles. The molecule has 1 aliphatic rings. The van der Waals surface area contributed by atoms with Gasteiger partial charge in [0.25, 0.3) is 0 Å². The summed E-state index contributed by atoms with van der Waals surface area (Å²) in [6.45, 7) is 2.17. The zero-order valence-corrected chi connectivity index (χ0v) is 13.3. The topological polar surface area (TPSA) is 58.2 Å². The predicted octanol–water partition coefficient (Wildman–Crippen LogP) is 3.50. The molecule has 1 aliphatic carbocycles. The fourth-order valence-electron chi connectivity index (χ4n) is 2.73. The molecule has 1 aromatic rings. The molecule has 4 nitrogen and oxygen atoms in total. The first kappa shape index (κ1) is 16.7. The summed E-state index contributed by atoms with van der Waals surface area (Å²) in [4.78, 5) is 23.7. The molecule has 0 atom stereocenters. The van der Waals surface area contributed by atoms with E-state index in [1.807, 2.05) is 0 Å². The minimum absolute atomic E-state index is 0.0536. The average Bonchev–Trinajstić information content (AvgIpc) is 2.51. The predicted molar refractivity (Wildman–Crippen MR) is 84.2 cm³/mol. The van der Waals surface area contributed by atoms with Crippen LogP contribution in [-0.4, -0.2) is 17.9 Å². The Kier molecular flexibility index (Phi) is 5.77. The van der Waals surface area contributed by atoms with Crippen molar-refractivity contribution in [3.63, 3.8) is 0 Å². The zero-order valence-electron chi connectivity index (χ0n) is 12.5. The number of hydrogen-bond acceptors (Lipinski definition) is 2. The van der Waals surface area contributed by atoms with E-state index in [9.17, 15) is 14.0 Å². The maximum absolute atomic E-state index is 13.0. The number of benzene rings is 1. The fourth-order valence-corrected chi connectivity index (χ4v) is 2.91. The van der Waals surface area contributed by atoms with Crippen molar-refractivity contribution in [3.8, 4) is 0 Å². The molecule has 0 radical (unpaired) electrons. The molecule has 120 valence electrons. The number of hydrogen-bond donors (Lipinski definition) is 2. The summed E-state index contributed by atoms with van der Waals surface area (Å²) < 4.78 is 13.0. The van der Waals surface area contributed by atoms with Gasteiger partial charge in [0, 0.05) is 11.7 Å². The van der Waals surface area contributed by atoms with E-state index >= 15 is 0 Å². The second kappa shape index (κ2) is 7.58. The summed E-state index contributed by atoms with van der Waals surface area (Å²) >= 11 is 5.63. The van der Waals surface area contributed by atoms with Crippen molar-refractivity contribution >= 4 is 29.1 Å². The van der Waals surface area contributed by atoms with Crippen LogP contribution in [-0.2, 0) is 9.59 Å². The van der Waals surface area contributed by atoms with E-state index in [1.165, 1.54) is 12.1 Å². The lowest BCUT2D eigenvalue weighted by Crippen LogP contribution is -2.43. The molecule has 1 saturated carbocycles. The molecule has 1 aromatic carbocycles. The molecule has 6 heteroatoms. The van der Waals surface area contributed by atoms with Gasteiger partial charge in [0.15, 0.2) is 0 Å². The van der Waals surface area contributed by atoms with Crippen molar-refractivity contribution in [1.82, 2.24) is 5.32 Å². The number of halogens is 2. The Balaban J connectivity index is 1.84. The Morgan fingerprint density at radius 2 is 1.91 bits per heavy atom. The van der Waals surface area contributed by atoms with Crippen LogP contribution in [0.5, 0.6) is 0 Å². The molecule has 1 fully saturated rings. The first-order chi connectivity index (χ1) is 10.5. The van der Waals surface area contributed by atoms with E-state index in [4.69, 9.17) is 11.6 Å². The minimum atomic E-state index is -0.764. The number of nitrogens with one attached hydrogen (secondary N) is 2. The molecule has 0 aromatic heterocycles. The number of rotatable bonds is 3. The van der Waals surface area contributed by atoms with Gasteiger partial charge in [-0.1, -0.05) is 24.9 Å². The molecular formula is C16H20ClFN2O2. The largest absolute Gasteiger partial charge is 0.345 e. The molecule has 2 amide bonds. The van der Waals surface area contributed by atoms with Gasteiger partial charge in [0.2, 0.25) is 0 Å². The highest BCUT2D eigenvalue weighted by atomic mass is 35.5. The summed E-state index contributed by atoms with van der Waals surface area (Å²) in [5, 5.41) is 5.07. The van der Waals surface area contributed by atoms with Gasteiger partial charge >= 0.3 is 11.8 Å². The molecule has 0 saturated heterocycles. The Hall–Kier alpha value is -1.62. The van der Waals surface area contributed by atoms with Gasteiger partial charge in [-0.25, -0.2) is 4.39 Å². The smallest absolute Gasteiger partial charge is 0.313 e. The van der Waals surface area contributed by atoms with Crippen LogP contribution in [0.1, 0.15) is 39.0 Å². The molecule has 2 N–H and O–H groups in total. The third-order valence-corrected chi connectivity index (χ3v) is 4.43. The van der Waals surface area contributed by atoms with E-state index in [0.29, 0.717) is 5.69 Å². The first-order valence-corrected chi connectivity index (χ1v) is 7.94. The van der Waals surface area contributed by atoms with Crippen LogP contribution in [0.4, 0.5) is 10.1 Å². The van der Waals surface area contributed by atoms with E-state index in [2.05, 4.69) is 17.6 Å². The number of anilines is 1. The molecule has 2 rings (SSSR count). The van der Waals surface area contributed by atoms with Crippen molar-refractivity contribution in [2.75, 3.05) is 5.32 Å². The van der Waals surface area contributed by atoms with Crippen molar-refractivity contribution in [1.29, 1.82) is 0 Å². The number of carbonyl (C=O) groups excluding carboxylic acids is 2. The highest BCUT2D eigenvalue weighted by Crippen LogP contribution is 2.26. The van der Waals surface area contributed by atoms with Gasteiger partial charge in [0.05, 0.1) is 5.02 Å². The van der Waals surface area contributed by atoms with Gasteiger partial charge in [-0.05, 0) is 49.8 Å². The summed E-state index contributed by atoms with van der Waals surface area (Å²) in [7, 11) is 0. The highest BCUT2D eigenvalue weighted by molar-refractivity contribution is 6.40. The minimum Gasteiger partial charge on any atom is -0.345 e. The Morgan fingerprint density at radius 3 is 2.50 bits per heavy atom. The van der Waals surface area contributed by atoms with Crippen LogP contribution in [0.3, 0.4) is 0 Å². The normalized spacial score (nSPS) is 21.2. The maximum Gasteiger partial charge on any atom is 0.313 e. The standard InChI is InChI=1S/C16H20ClFN2O2/c1-2-10-3-5-11(6-4-10)19-15(21)16(22)20-12-7-8-14(18)13(17)9-12/h7-11H,2-6H2,1H3,(H,19,21)(H,20,22). The van der Waals surface area contributed by atoms with Crippen molar-refractivity contribution in [2.45, 2.75) is 45.1 Å². The quantitative estimate of drug-likeness (QED) is 0.835. The summed E-state index contributed by atoms with van der Waals surface area (Å²) in [6.07, 6.45) is 5.12. The second-order valence-corrected chi connectivity index (χ2v) is 6.09. The van der Waals surface area contributed by atoms with Gasteiger partial charge in [-0.2, -0.15) is 0 Å². The van der Waals surface area contributed by atoms with Gasteiger partial charge < -0.3 is 10.6 Å². The summed E-state index contributed by atoms with van der Waals surface area (Å²) in [6, 6.07) is 3.83. The van der Waals surface area contributed by atoms with Crippen LogP contribution < -0.4 is 10.6 Å². The summed E-state index contributed by atoms with van der Waals surface area (Å²) in [5.74, 6) is -1.28. The molecule has 22 heavy (non-hydrogen) atoms. The van der Waals surface area contributed by atoms with E-state index in [0.717, 1.165) is 44.1 Å². The van der Waals surface area contributed by atoms with Crippen LogP contribution in [0, 0.1) is 11.7 Å². The molecule has 0 spiro atoms. The van der Waals surface area contributed by atoms with E-state index in [1.54, 1.807) is 0 Å². The Bertz CT molecular complexity index is 557. The Labute approximate surface area is 134 Å². The SMILES string of the molecule is CCC1CCC(NC(=O)C(=O)Nc2ccc(F)c(Cl)c2)CC1. The highest BCUT2D eigenvalue weighted by Gasteiger charge is 2.24. The lowest BCUT2D eigenvalue weighted by Gasteiger charge is -2.28. The monoisotopic (exact) mass is 326 g/mol. The van der Waals surface area contributed by atoms with Crippen LogP contribution >= 0.6 is 11.6 Å². The third-order valence-electron chi connectivity index (χ3n) is 4.14. The van der Waals surface area contributed by atoms with Crippen molar-refractivity contribution in [3.05, 3.63) is 29.0 Å². The Morgan fingerprint density at radius 1 is 1.23 bits per heavy atom. The average molecular weight is 327 g/mol.